The molecule has 1 aliphatic heterocycles. The molecule has 4 heteroatoms. The Hall–Kier alpha value is -1.39. The third-order valence-corrected chi connectivity index (χ3v) is 4.07. The molecule has 1 aromatic heterocycles. The summed E-state index contributed by atoms with van der Waals surface area (Å²) < 4.78 is 0. The first-order valence-electron chi connectivity index (χ1n) is 6.39. The number of nitrogens with one attached hydrogen (secondary N) is 2. The summed E-state index contributed by atoms with van der Waals surface area (Å²) >= 11 is 1.68. The smallest absolute Gasteiger partial charge is 0.123 e. The van der Waals surface area contributed by atoms with Gasteiger partial charge < -0.3 is 10.6 Å². The fourth-order valence-electron chi connectivity index (χ4n) is 2.31. The van der Waals surface area contributed by atoms with Crippen LogP contribution in [-0.4, -0.2) is 24.1 Å². The van der Waals surface area contributed by atoms with Crippen LogP contribution < -0.4 is 10.6 Å². The van der Waals surface area contributed by atoms with Crippen molar-refractivity contribution >= 4 is 17.0 Å². The fourth-order valence-corrected chi connectivity index (χ4v) is 2.95. The normalized spacial score (nSPS) is 16.7. The number of piperidine rings is 1. The molecular formula is C14H17N3S. The Labute approximate surface area is 111 Å². The number of hydrogen-bond acceptors (Lipinski definition) is 4. The van der Waals surface area contributed by atoms with Crippen molar-refractivity contribution in [2.24, 2.45) is 0 Å². The lowest BCUT2D eigenvalue weighted by molar-refractivity contribution is 0.479. The second-order valence-corrected chi connectivity index (χ2v) is 5.48. The summed E-state index contributed by atoms with van der Waals surface area (Å²) in [4.78, 5) is 4.36. The number of thiazole rings is 1. The minimum Gasteiger partial charge on any atom is -0.382 e. The Balaban J connectivity index is 1.74. The average Bonchev–Trinajstić information content (AvgIpc) is 2.94. The third-order valence-electron chi connectivity index (χ3n) is 3.25. The Kier molecular flexibility index (Phi) is 3.57. The molecule has 3 nitrogen and oxygen atoms in total. The topological polar surface area (TPSA) is 37.0 Å². The minimum absolute atomic E-state index is 0.595. The molecule has 3 rings (SSSR count). The maximum absolute atomic E-state index is 4.36. The van der Waals surface area contributed by atoms with Crippen LogP contribution in [0.5, 0.6) is 0 Å². The van der Waals surface area contributed by atoms with Gasteiger partial charge in [0.05, 0.1) is 0 Å². The van der Waals surface area contributed by atoms with Crippen LogP contribution in [-0.2, 0) is 0 Å². The molecule has 0 unspecified atom stereocenters. The highest BCUT2D eigenvalue weighted by Gasteiger charge is 2.12. The molecule has 1 aliphatic rings. The molecule has 0 bridgehead atoms. The van der Waals surface area contributed by atoms with E-state index < -0.39 is 0 Å². The van der Waals surface area contributed by atoms with Crippen molar-refractivity contribution in [3.63, 3.8) is 0 Å². The molecule has 0 saturated carbocycles. The van der Waals surface area contributed by atoms with E-state index in [4.69, 9.17) is 0 Å². The van der Waals surface area contributed by atoms with Gasteiger partial charge in [-0.1, -0.05) is 12.1 Å². The van der Waals surface area contributed by atoms with Gasteiger partial charge in [-0.25, -0.2) is 4.98 Å². The number of rotatable bonds is 3. The number of anilines is 1. The second-order valence-electron chi connectivity index (χ2n) is 4.59. The zero-order valence-electron chi connectivity index (χ0n) is 10.2. The van der Waals surface area contributed by atoms with E-state index in [9.17, 15) is 0 Å². The largest absolute Gasteiger partial charge is 0.382 e. The fraction of sp³-hybridized carbons (Fsp3) is 0.357. The molecule has 1 saturated heterocycles. The summed E-state index contributed by atoms with van der Waals surface area (Å²) in [5.74, 6) is 0. The predicted octanol–water partition coefficient (Wildman–Crippen LogP) is 2.97. The van der Waals surface area contributed by atoms with E-state index in [1.807, 2.05) is 11.6 Å². The summed E-state index contributed by atoms with van der Waals surface area (Å²) in [7, 11) is 0. The molecule has 0 radical (unpaired) electrons. The number of benzene rings is 1. The third kappa shape index (κ3) is 2.71. The number of nitrogens with zero attached hydrogens (tertiary/aromatic N) is 1. The maximum Gasteiger partial charge on any atom is 0.123 e. The zero-order valence-corrected chi connectivity index (χ0v) is 11.0. The molecule has 0 amide bonds. The van der Waals surface area contributed by atoms with Crippen molar-refractivity contribution in [2.75, 3.05) is 18.4 Å². The SMILES string of the molecule is c1cc(NC2CCNCC2)cc(-c2nccs2)c1. The van der Waals surface area contributed by atoms with Gasteiger partial charge in [-0.3, -0.25) is 0 Å². The van der Waals surface area contributed by atoms with Gasteiger partial charge in [0.1, 0.15) is 5.01 Å². The second kappa shape index (κ2) is 5.50. The molecule has 2 N–H and O–H groups in total. The summed E-state index contributed by atoms with van der Waals surface area (Å²) in [5, 5.41) is 10.1. The van der Waals surface area contributed by atoms with Gasteiger partial charge in [0.25, 0.3) is 0 Å². The van der Waals surface area contributed by atoms with E-state index in [2.05, 4.69) is 39.9 Å². The van der Waals surface area contributed by atoms with E-state index in [0.29, 0.717) is 6.04 Å². The van der Waals surface area contributed by atoms with Crippen molar-refractivity contribution in [2.45, 2.75) is 18.9 Å². The molecule has 0 spiro atoms. The van der Waals surface area contributed by atoms with Gasteiger partial charge in [0.2, 0.25) is 0 Å². The standard InChI is InChI=1S/C14H17N3S/c1-2-11(14-16-8-9-18-14)10-13(3-1)17-12-4-6-15-7-5-12/h1-3,8-10,12,15,17H,4-7H2. The van der Waals surface area contributed by atoms with Crippen LogP contribution in [0.25, 0.3) is 10.6 Å². The van der Waals surface area contributed by atoms with Crippen LogP contribution in [0, 0.1) is 0 Å². The highest BCUT2D eigenvalue weighted by Crippen LogP contribution is 2.25. The molecule has 2 heterocycles. The van der Waals surface area contributed by atoms with Gasteiger partial charge in [0.15, 0.2) is 0 Å². The molecule has 0 aliphatic carbocycles. The van der Waals surface area contributed by atoms with Gasteiger partial charge in [-0.15, -0.1) is 11.3 Å². The zero-order chi connectivity index (χ0) is 12.2. The van der Waals surface area contributed by atoms with E-state index in [1.165, 1.54) is 24.1 Å². The maximum atomic E-state index is 4.36. The van der Waals surface area contributed by atoms with Crippen LogP contribution in [0.3, 0.4) is 0 Å². The van der Waals surface area contributed by atoms with Crippen LogP contribution in [0.15, 0.2) is 35.8 Å². The highest BCUT2D eigenvalue weighted by atomic mass is 32.1. The predicted molar refractivity (Wildman–Crippen MR) is 77.1 cm³/mol. The first kappa shape index (κ1) is 11.7. The summed E-state index contributed by atoms with van der Waals surface area (Å²) in [5.41, 5.74) is 2.40. The molecule has 18 heavy (non-hydrogen) atoms. The van der Waals surface area contributed by atoms with Gasteiger partial charge >= 0.3 is 0 Å². The first-order valence-corrected chi connectivity index (χ1v) is 7.27. The van der Waals surface area contributed by atoms with Crippen LogP contribution >= 0.6 is 11.3 Å². The van der Waals surface area contributed by atoms with Gasteiger partial charge in [-0.2, -0.15) is 0 Å². The van der Waals surface area contributed by atoms with Gasteiger partial charge in [-0.05, 0) is 38.1 Å². The monoisotopic (exact) mass is 259 g/mol. The van der Waals surface area contributed by atoms with Crippen molar-refractivity contribution in [3.8, 4) is 10.6 Å². The molecule has 0 atom stereocenters. The molecule has 1 aromatic carbocycles. The van der Waals surface area contributed by atoms with Gasteiger partial charge in [0, 0.05) is 28.9 Å². The van der Waals surface area contributed by atoms with Crippen LogP contribution in [0.4, 0.5) is 5.69 Å². The lowest BCUT2D eigenvalue weighted by Crippen LogP contribution is -2.35. The van der Waals surface area contributed by atoms with E-state index in [-0.39, 0.29) is 0 Å². The minimum atomic E-state index is 0.595. The summed E-state index contributed by atoms with van der Waals surface area (Å²) in [6, 6.07) is 9.14. The van der Waals surface area contributed by atoms with Crippen molar-refractivity contribution in [1.82, 2.24) is 10.3 Å². The molecule has 2 aromatic rings. The van der Waals surface area contributed by atoms with Crippen LogP contribution in [0.2, 0.25) is 0 Å². The summed E-state index contributed by atoms with van der Waals surface area (Å²) in [6.45, 7) is 2.23. The first-order chi connectivity index (χ1) is 8.92. The Morgan fingerprint density at radius 3 is 2.94 bits per heavy atom. The Morgan fingerprint density at radius 1 is 1.28 bits per heavy atom. The van der Waals surface area contributed by atoms with E-state index in [1.54, 1.807) is 11.3 Å². The molecule has 1 fully saturated rings. The Morgan fingerprint density at radius 2 is 2.17 bits per heavy atom. The lowest BCUT2D eigenvalue weighted by Gasteiger charge is -2.24. The average molecular weight is 259 g/mol. The Bertz CT molecular complexity index is 490. The highest BCUT2D eigenvalue weighted by molar-refractivity contribution is 7.13. The quantitative estimate of drug-likeness (QED) is 0.890. The van der Waals surface area contributed by atoms with Crippen molar-refractivity contribution in [1.29, 1.82) is 0 Å². The lowest BCUT2D eigenvalue weighted by atomic mass is 10.1. The van der Waals surface area contributed by atoms with E-state index >= 15 is 0 Å². The van der Waals surface area contributed by atoms with Crippen LogP contribution in [0.1, 0.15) is 12.8 Å². The summed E-state index contributed by atoms with van der Waals surface area (Å²) in [6.07, 6.45) is 4.25. The van der Waals surface area contributed by atoms with Crippen molar-refractivity contribution in [3.05, 3.63) is 35.8 Å². The number of hydrogen-bond donors (Lipinski definition) is 2. The molecule has 94 valence electrons. The molecular weight excluding hydrogens is 242 g/mol. The number of aromatic nitrogens is 1. The van der Waals surface area contributed by atoms with E-state index in [0.717, 1.165) is 18.1 Å². The van der Waals surface area contributed by atoms with Crippen molar-refractivity contribution < 1.29 is 0 Å².